The summed E-state index contributed by atoms with van der Waals surface area (Å²) in [7, 11) is 0. The van der Waals surface area contributed by atoms with Crippen LogP contribution in [0, 0.1) is 6.92 Å². The molecule has 0 unspecified atom stereocenters. The van der Waals surface area contributed by atoms with Crippen LogP contribution in [0.1, 0.15) is 11.1 Å². The molecule has 2 nitrogen and oxygen atoms in total. The second-order valence-electron chi connectivity index (χ2n) is 2.56. The van der Waals surface area contributed by atoms with Crippen molar-refractivity contribution in [1.82, 2.24) is 0 Å². The number of ether oxygens (including phenoxy) is 1. The van der Waals surface area contributed by atoms with Crippen molar-refractivity contribution >= 4 is 28.6 Å². The molecule has 0 saturated heterocycles. The number of rotatable bonds is 2. The summed E-state index contributed by atoms with van der Waals surface area (Å²) in [6, 6.07) is 5.18. The molecule has 0 spiro atoms. The van der Waals surface area contributed by atoms with Crippen molar-refractivity contribution in [2.75, 3.05) is 0 Å². The molecule has 0 aliphatic carbocycles. The van der Waals surface area contributed by atoms with Crippen LogP contribution >= 0.6 is 23.2 Å². The molecule has 1 rings (SSSR count). The van der Waals surface area contributed by atoms with Crippen LogP contribution in [-0.4, -0.2) is 5.43 Å². The third kappa shape index (κ3) is 2.90. The quantitative estimate of drug-likeness (QED) is 0.562. The number of hydrogen-bond acceptors (Lipinski definition) is 2. The summed E-state index contributed by atoms with van der Waals surface area (Å²) in [4.78, 5) is 10.4. The third-order valence-corrected chi connectivity index (χ3v) is 2.02. The highest BCUT2D eigenvalue weighted by molar-refractivity contribution is 6.61. The second kappa shape index (κ2) is 4.49. The van der Waals surface area contributed by atoms with E-state index in [9.17, 15) is 4.79 Å². The molecule has 0 aliphatic heterocycles. The molecule has 0 aliphatic rings. The van der Waals surface area contributed by atoms with Crippen LogP contribution in [0.2, 0.25) is 0 Å². The Kier molecular flexibility index (Phi) is 3.58. The summed E-state index contributed by atoms with van der Waals surface area (Å²) >= 11 is 10.7. The molecule has 1 aromatic carbocycles. The lowest BCUT2D eigenvalue weighted by molar-refractivity contribution is 0.225. The minimum Gasteiger partial charge on any atom is -0.414 e. The molecule has 0 heterocycles. The number of aryl methyl sites for hydroxylation is 1. The fourth-order valence-corrected chi connectivity index (χ4v) is 1.36. The summed E-state index contributed by atoms with van der Waals surface area (Å²) in [5, 5.41) is 0. The van der Waals surface area contributed by atoms with Gasteiger partial charge in [-0.3, -0.25) is 0 Å². The van der Waals surface area contributed by atoms with Crippen LogP contribution in [0.5, 0.6) is 5.75 Å². The first kappa shape index (κ1) is 10.4. The van der Waals surface area contributed by atoms with Gasteiger partial charge in [0.1, 0.15) is 5.75 Å². The summed E-state index contributed by atoms with van der Waals surface area (Å²) in [6.07, 6.45) is 0. The summed E-state index contributed by atoms with van der Waals surface area (Å²) in [5.41, 5.74) is 1.15. The average Bonchev–Trinajstić information content (AvgIpc) is 2.03. The van der Waals surface area contributed by atoms with Crippen LogP contribution in [-0.2, 0) is 5.88 Å². The maximum Gasteiger partial charge on any atom is 0.409 e. The first-order valence-corrected chi connectivity index (χ1v) is 4.57. The Morgan fingerprint density at radius 2 is 2.23 bits per heavy atom. The van der Waals surface area contributed by atoms with E-state index in [0.29, 0.717) is 11.6 Å². The number of halogens is 2. The summed E-state index contributed by atoms with van der Waals surface area (Å²) < 4.78 is 4.68. The molecule has 0 fully saturated rings. The Labute approximate surface area is 86.4 Å². The first-order valence-electron chi connectivity index (χ1n) is 3.66. The maximum atomic E-state index is 10.4. The Hall–Kier alpha value is -0.730. The number of alkyl halides is 1. The smallest absolute Gasteiger partial charge is 0.409 e. The predicted molar refractivity (Wildman–Crippen MR) is 52.6 cm³/mol. The molecule has 0 radical (unpaired) electrons. The lowest BCUT2D eigenvalue weighted by atomic mass is 10.1. The minimum atomic E-state index is -0.835. The van der Waals surface area contributed by atoms with Crippen molar-refractivity contribution < 1.29 is 9.53 Å². The summed E-state index contributed by atoms with van der Waals surface area (Å²) in [5.74, 6) is 0.882. The van der Waals surface area contributed by atoms with Crippen LogP contribution < -0.4 is 4.74 Å². The second-order valence-corrected chi connectivity index (χ2v) is 3.14. The molecular weight excluding hydrogens is 211 g/mol. The van der Waals surface area contributed by atoms with Gasteiger partial charge in [-0.1, -0.05) is 6.07 Å². The van der Waals surface area contributed by atoms with Crippen LogP contribution in [0.15, 0.2) is 18.2 Å². The van der Waals surface area contributed by atoms with Gasteiger partial charge in [0.25, 0.3) is 0 Å². The molecule has 0 saturated carbocycles. The lowest BCUT2D eigenvalue weighted by Crippen LogP contribution is -1.97. The minimum absolute atomic E-state index is 0.436. The molecule has 70 valence electrons. The topological polar surface area (TPSA) is 26.3 Å². The molecule has 1 aromatic rings. The zero-order valence-corrected chi connectivity index (χ0v) is 8.52. The van der Waals surface area contributed by atoms with Crippen LogP contribution in [0.3, 0.4) is 0 Å². The van der Waals surface area contributed by atoms with E-state index in [2.05, 4.69) is 4.74 Å². The molecule has 4 heteroatoms. The van der Waals surface area contributed by atoms with E-state index < -0.39 is 5.43 Å². The zero-order valence-electron chi connectivity index (χ0n) is 7.01. The van der Waals surface area contributed by atoms with E-state index in [1.54, 1.807) is 18.2 Å². The number of hydrogen-bond donors (Lipinski definition) is 0. The van der Waals surface area contributed by atoms with Gasteiger partial charge < -0.3 is 4.74 Å². The van der Waals surface area contributed by atoms with E-state index in [-0.39, 0.29) is 0 Å². The Bertz CT molecular complexity index is 323. The van der Waals surface area contributed by atoms with Crippen molar-refractivity contribution in [3.8, 4) is 5.75 Å². The van der Waals surface area contributed by atoms with E-state index in [1.165, 1.54) is 0 Å². The molecule has 0 atom stereocenters. The van der Waals surface area contributed by atoms with Crippen molar-refractivity contribution in [3.63, 3.8) is 0 Å². The Balaban J connectivity index is 2.89. The highest BCUT2D eigenvalue weighted by Gasteiger charge is 2.02. The van der Waals surface area contributed by atoms with Crippen LogP contribution in [0.4, 0.5) is 4.79 Å². The van der Waals surface area contributed by atoms with Crippen molar-refractivity contribution in [2.45, 2.75) is 12.8 Å². The first-order chi connectivity index (χ1) is 6.13. The predicted octanol–water partition coefficient (Wildman–Crippen LogP) is 3.47. The van der Waals surface area contributed by atoms with Gasteiger partial charge in [0.05, 0.1) is 0 Å². The normalized spacial score (nSPS) is 9.77. The van der Waals surface area contributed by atoms with E-state index in [1.807, 2.05) is 6.92 Å². The van der Waals surface area contributed by atoms with Crippen molar-refractivity contribution in [3.05, 3.63) is 29.3 Å². The lowest BCUT2D eigenvalue weighted by Gasteiger charge is -2.04. The molecular formula is C9H8Cl2O2. The van der Waals surface area contributed by atoms with E-state index in [0.717, 1.165) is 11.1 Å². The third-order valence-electron chi connectivity index (χ3n) is 1.66. The van der Waals surface area contributed by atoms with E-state index in [4.69, 9.17) is 23.2 Å². The maximum absolute atomic E-state index is 10.4. The van der Waals surface area contributed by atoms with Gasteiger partial charge in [-0.25, -0.2) is 4.79 Å². The Morgan fingerprint density at radius 1 is 1.54 bits per heavy atom. The highest BCUT2D eigenvalue weighted by Crippen LogP contribution is 2.19. The highest BCUT2D eigenvalue weighted by atomic mass is 35.5. The number of benzene rings is 1. The van der Waals surface area contributed by atoms with Gasteiger partial charge in [-0.05, 0) is 30.2 Å². The largest absolute Gasteiger partial charge is 0.414 e. The van der Waals surface area contributed by atoms with Crippen LogP contribution in [0.25, 0.3) is 0 Å². The van der Waals surface area contributed by atoms with E-state index >= 15 is 0 Å². The SMILES string of the molecule is Cc1cc(OC(=O)Cl)ccc1CCl. The monoisotopic (exact) mass is 218 g/mol. The van der Waals surface area contributed by atoms with Gasteiger partial charge in [0.15, 0.2) is 0 Å². The fraction of sp³-hybridized carbons (Fsp3) is 0.222. The average molecular weight is 219 g/mol. The van der Waals surface area contributed by atoms with Gasteiger partial charge in [0.2, 0.25) is 0 Å². The van der Waals surface area contributed by atoms with Crippen molar-refractivity contribution in [1.29, 1.82) is 0 Å². The molecule has 0 bridgehead atoms. The van der Waals surface area contributed by atoms with Crippen molar-refractivity contribution in [2.24, 2.45) is 0 Å². The number of carbonyl (C=O) groups excluding carboxylic acids is 1. The molecule has 0 aromatic heterocycles. The fourth-order valence-electron chi connectivity index (χ4n) is 0.974. The number of carbonyl (C=O) groups is 1. The summed E-state index contributed by atoms with van der Waals surface area (Å²) in [6.45, 7) is 1.89. The van der Waals surface area contributed by atoms with Gasteiger partial charge >= 0.3 is 5.43 Å². The molecule has 13 heavy (non-hydrogen) atoms. The van der Waals surface area contributed by atoms with Gasteiger partial charge in [-0.15, -0.1) is 11.6 Å². The molecule has 0 amide bonds. The Morgan fingerprint density at radius 3 is 2.69 bits per heavy atom. The van der Waals surface area contributed by atoms with Gasteiger partial charge in [0, 0.05) is 17.5 Å². The zero-order chi connectivity index (χ0) is 9.84. The standard InChI is InChI=1S/C9H8Cl2O2/c1-6-4-8(13-9(11)12)3-2-7(6)5-10/h2-4H,5H2,1H3. The molecule has 0 N–H and O–H groups in total. The van der Waals surface area contributed by atoms with Gasteiger partial charge in [-0.2, -0.15) is 0 Å².